The summed E-state index contributed by atoms with van der Waals surface area (Å²) in [5.41, 5.74) is -0.276. The van der Waals surface area contributed by atoms with Crippen molar-refractivity contribution in [3.05, 3.63) is 0 Å². The van der Waals surface area contributed by atoms with E-state index in [-0.39, 0.29) is 17.4 Å². The van der Waals surface area contributed by atoms with Crippen LogP contribution in [0.1, 0.15) is 40.5 Å². The molecule has 0 aromatic heterocycles. The maximum absolute atomic E-state index is 11.7. The number of nitrogens with one attached hydrogen (secondary N) is 3. The fourth-order valence-corrected chi connectivity index (χ4v) is 1.28. The molecule has 2 amide bonds. The Bertz CT molecular complexity index is 259. The summed E-state index contributed by atoms with van der Waals surface area (Å²) < 4.78 is 0. The molecule has 0 bridgehead atoms. The molecule has 5 nitrogen and oxygen atoms in total. The molecule has 1 unspecified atom stereocenters. The van der Waals surface area contributed by atoms with Crippen molar-refractivity contribution in [3.8, 4) is 0 Å². The number of carbonyl (C=O) groups is 2. The molecule has 0 aliphatic heterocycles. The van der Waals surface area contributed by atoms with Crippen LogP contribution in [-0.4, -0.2) is 37.0 Å². The van der Waals surface area contributed by atoms with Crippen LogP contribution < -0.4 is 16.0 Å². The number of carbonyl (C=O) groups excluding carboxylic acids is 2. The first-order valence-corrected chi connectivity index (χ1v) is 6.02. The molecule has 0 fully saturated rings. The number of rotatable bonds is 6. The quantitative estimate of drug-likeness (QED) is 0.592. The molecule has 0 aliphatic carbocycles. The van der Waals surface area contributed by atoms with Gasteiger partial charge in [-0.2, -0.15) is 0 Å². The number of hydrogen-bond acceptors (Lipinski definition) is 3. The molecule has 0 radical (unpaired) electrons. The topological polar surface area (TPSA) is 70.2 Å². The Morgan fingerprint density at radius 3 is 2.29 bits per heavy atom. The molecule has 0 aromatic rings. The lowest BCUT2D eigenvalue weighted by Gasteiger charge is -2.23. The molecule has 100 valence electrons. The summed E-state index contributed by atoms with van der Waals surface area (Å²) >= 11 is 0. The minimum absolute atomic E-state index is 0.0863. The van der Waals surface area contributed by atoms with E-state index in [1.165, 1.54) is 0 Å². The fourth-order valence-electron chi connectivity index (χ4n) is 1.28. The Kier molecular flexibility index (Phi) is 6.80. The van der Waals surface area contributed by atoms with Crippen molar-refractivity contribution in [2.75, 3.05) is 13.6 Å². The van der Waals surface area contributed by atoms with Gasteiger partial charge in [0.05, 0.1) is 0 Å². The predicted molar refractivity (Wildman–Crippen MR) is 68.7 cm³/mol. The lowest BCUT2D eigenvalue weighted by Crippen LogP contribution is -2.50. The second-order valence-electron chi connectivity index (χ2n) is 5.24. The lowest BCUT2D eigenvalue weighted by atomic mass is 10.1. The van der Waals surface area contributed by atoms with Gasteiger partial charge in [-0.1, -0.05) is 0 Å². The molecule has 0 rings (SSSR count). The predicted octanol–water partition coefficient (Wildman–Crippen LogP) is 0.405. The van der Waals surface area contributed by atoms with Crippen molar-refractivity contribution in [2.45, 2.75) is 52.1 Å². The molecule has 0 aliphatic rings. The highest BCUT2D eigenvalue weighted by molar-refractivity contribution is 5.87. The van der Waals surface area contributed by atoms with E-state index in [4.69, 9.17) is 0 Å². The van der Waals surface area contributed by atoms with Crippen molar-refractivity contribution >= 4 is 11.8 Å². The second kappa shape index (κ2) is 7.27. The highest BCUT2D eigenvalue weighted by atomic mass is 16.2. The molecular weight excluding hydrogens is 218 g/mol. The fraction of sp³-hybridized carbons (Fsp3) is 0.833. The van der Waals surface area contributed by atoms with Gasteiger partial charge in [0.1, 0.15) is 6.04 Å². The van der Waals surface area contributed by atoms with E-state index >= 15 is 0 Å². The molecule has 0 heterocycles. The molecular formula is C12H25N3O2. The first-order chi connectivity index (χ1) is 7.76. The smallest absolute Gasteiger partial charge is 0.242 e. The van der Waals surface area contributed by atoms with Crippen LogP contribution in [0.3, 0.4) is 0 Å². The monoisotopic (exact) mass is 243 g/mol. The summed E-state index contributed by atoms with van der Waals surface area (Å²) in [5.74, 6) is -0.240. The van der Waals surface area contributed by atoms with Crippen molar-refractivity contribution in [3.63, 3.8) is 0 Å². The van der Waals surface area contributed by atoms with Crippen LogP contribution >= 0.6 is 0 Å². The van der Waals surface area contributed by atoms with Crippen molar-refractivity contribution in [1.82, 2.24) is 16.0 Å². The Morgan fingerprint density at radius 2 is 1.82 bits per heavy atom. The van der Waals surface area contributed by atoms with E-state index in [2.05, 4.69) is 16.0 Å². The average Bonchev–Trinajstić information content (AvgIpc) is 2.15. The molecule has 0 aromatic carbocycles. The van der Waals surface area contributed by atoms with Crippen molar-refractivity contribution in [1.29, 1.82) is 0 Å². The van der Waals surface area contributed by atoms with Crippen LogP contribution in [0.5, 0.6) is 0 Å². The van der Waals surface area contributed by atoms with Crippen LogP contribution in [0.2, 0.25) is 0 Å². The zero-order chi connectivity index (χ0) is 13.5. The highest BCUT2D eigenvalue weighted by Gasteiger charge is 2.20. The molecule has 1 atom stereocenters. The normalized spacial score (nSPS) is 13.0. The van der Waals surface area contributed by atoms with E-state index in [1.54, 1.807) is 6.92 Å². The van der Waals surface area contributed by atoms with Gasteiger partial charge in [0, 0.05) is 12.0 Å². The van der Waals surface area contributed by atoms with Gasteiger partial charge in [0.25, 0.3) is 0 Å². The SMILES string of the molecule is CNCCCC(=O)NC(C)C(=O)NC(C)(C)C. The Morgan fingerprint density at radius 1 is 1.24 bits per heavy atom. The Balaban J connectivity index is 3.95. The van der Waals surface area contributed by atoms with Crippen LogP contribution in [0.4, 0.5) is 0 Å². The first-order valence-electron chi connectivity index (χ1n) is 6.02. The van der Waals surface area contributed by atoms with Crippen molar-refractivity contribution in [2.24, 2.45) is 0 Å². The van der Waals surface area contributed by atoms with Gasteiger partial charge >= 0.3 is 0 Å². The maximum atomic E-state index is 11.7. The summed E-state index contributed by atoms with van der Waals surface area (Å²) in [6.45, 7) is 8.22. The van der Waals surface area contributed by atoms with Crippen LogP contribution in [0.15, 0.2) is 0 Å². The van der Waals surface area contributed by atoms with E-state index in [0.717, 1.165) is 13.0 Å². The molecule has 17 heavy (non-hydrogen) atoms. The summed E-state index contributed by atoms with van der Waals surface area (Å²) in [6, 6.07) is -0.490. The number of amides is 2. The molecule has 0 saturated heterocycles. The highest BCUT2D eigenvalue weighted by Crippen LogP contribution is 1.99. The van der Waals surface area contributed by atoms with Gasteiger partial charge in [-0.15, -0.1) is 0 Å². The third-order valence-corrected chi connectivity index (χ3v) is 2.10. The van der Waals surface area contributed by atoms with Crippen LogP contribution in [-0.2, 0) is 9.59 Å². The molecule has 5 heteroatoms. The second-order valence-corrected chi connectivity index (χ2v) is 5.24. The van der Waals surface area contributed by atoms with Crippen molar-refractivity contribution < 1.29 is 9.59 Å². The lowest BCUT2D eigenvalue weighted by molar-refractivity contribution is -0.129. The van der Waals surface area contributed by atoms with Gasteiger partial charge in [-0.3, -0.25) is 9.59 Å². The van der Waals surface area contributed by atoms with Gasteiger partial charge in [-0.25, -0.2) is 0 Å². The summed E-state index contributed by atoms with van der Waals surface area (Å²) in [6.07, 6.45) is 1.21. The zero-order valence-corrected chi connectivity index (χ0v) is 11.5. The van der Waals surface area contributed by atoms with E-state index < -0.39 is 6.04 Å². The van der Waals surface area contributed by atoms with Crippen LogP contribution in [0.25, 0.3) is 0 Å². The first kappa shape index (κ1) is 15.9. The zero-order valence-electron chi connectivity index (χ0n) is 11.5. The van der Waals surface area contributed by atoms with E-state index in [0.29, 0.717) is 6.42 Å². The summed E-state index contributed by atoms with van der Waals surface area (Å²) in [5, 5.41) is 8.48. The average molecular weight is 243 g/mol. The molecule has 0 spiro atoms. The Hall–Kier alpha value is -1.10. The largest absolute Gasteiger partial charge is 0.350 e. The third kappa shape index (κ3) is 8.68. The van der Waals surface area contributed by atoms with E-state index in [1.807, 2.05) is 27.8 Å². The summed E-state index contributed by atoms with van der Waals surface area (Å²) in [7, 11) is 1.84. The van der Waals surface area contributed by atoms with Gasteiger partial charge in [-0.05, 0) is 47.7 Å². The van der Waals surface area contributed by atoms with E-state index in [9.17, 15) is 9.59 Å². The molecule has 0 saturated carbocycles. The maximum Gasteiger partial charge on any atom is 0.242 e. The number of hydrogen-bond donors (Lipinski definition) is 3. The summed E-state index contributed by atoms with van der Waals surface area (Å²) in [4.78, 5) is 23.2. The van der Waals surface area contributed by atoms with Gasteiger partial charge in [0.15, 0.2) is 0 Å². The molecule has 3 N–H and O–H groups in total. The van der Waals surface area contributed by atoms with Gasteiger partial charge < -0.3 is 16.0 Å². The standard InChI is InChI=1S/C12H25N3O2/c1-9(11(17)15-12(2,3)4)14-10(16)7-6-8-13-5/h9,13H,6-8H2,1-5H3,(H,14,16)(H,15,17). The Labute approximate surface area is 104 Å². The van der Waals surface area contributed by atoms with Crippen LogP contribution in [0, 0.1) is 0 Å². The minimum Gasteiger partial charge on any atom is -0.350 e. The minimum atomic E-state index is -0.490. The third-order valence-electron chi connectivity index (χ3n) is 2.10. The van der Waals surface area contributed by atoms with Gasteiger partial charge in [0.2, 0.25) is 11.8 Å².